The molecule has 0 unspecified atom stereocenters. The van der Waals surface area contributed by atoms with Crippen molar-refractivity contribution in [1.82, 2.24) is 0 Å². The molecule has 5 nitrogen and oxygen atoms in total. The molecule has 0 radical (unpaired) electrons. The van der Waals surface area contributed by atoms with E-state index in [-0.39, 0.29) is 15.9 Å². The smallest absolute Gasteiger partial charge is 0.296 e. The van der Waals surface area contributed by atoms with E-state index >= 15 is 0 Å². The van der Waals surface area contributed by atoms with Crippen LogP contribution in [0, 0.1) is 16.7 Å². The van der Waals surface area contributed by atoms with Crippen molar-refractivity contribution in [1.29, 1.82) is 5.26 Å². The molecule has 1 N–H and O–H groups in total. The Morgan fingerprint density at radius 3 is 2.65 bits per heavy atom. The van der Waals surface area contributed by atoms with Crippen molar-refractivity contribution in [3.8, 4) is 6.07 Å². The van der Waals surface area contributed by atoms with Gasteiger partial charge in [-0.2, -0.15) is 13.7 Å². The van der Waals surface area contributed by atoms with Crippen LogP contribution in [0.4, 0.5) is 5.69 Å². The van der Waals surface area contributed by atoms with Crippen molar-refractivity contribution < 1.29 is 13.0 Å². The maximum absolute atomic E-state index is 11.6. The summed E-state index contributed by atoms with van der Waals surface area (Å²) in [6.07, 6.45) is 2.17. The summed E-state index contributed by atoms with van der Waals surface area (Å²) in [5, 5.41) is 9.02. The highest BCUT2D eigenvalue weighted by Gasteiger charge is 2.33. The van der Waals surface area contributed by atoms with Gasteiger partial charge in [0.1, 0.15) is 4.90 Å². The quantitative estimate of drug-likeness (QED) is 0.846. The summed E-state index contributed by atoms with van der Waals surface area (Å²) in [5.41, 5.74) is 1.29. The lowest BCUT2D eigenvalue weighted by Gasteiger charge is -2.39. The highest BCUT2D eigenvalue weighted by molar-refractivity contribution is 7.86. The van der Waals surface area contributed by atoms with Crippen molar-refractivity contribution in [2.75, 3.05) is 11.4 Å². The Kier molecular flexibility index (Phi) is 3.36. The third-order valence-corrected chi connectivity index (χ3v) is 4.20. The second-order valence-electron chi connectivity index (χ2n) is 5.72. The second kappa shape index (κ2) is 4.62. The highest BCUT2D eigenvalue weighted by Crippen LogP contribution is 2.40. The number of nitriles is 1. The van der Waals surface area contributed by atoms with E-state index in [9.17, 15) is 13.0 Å². The number of hydrogen-bond donors (Lipinski definition) is 1. The molecule has 0 saturated carbocycles. The summed E-state index contributed by atoms with van der Waals surface area (Å²) in [5.74, 6) is 0. The van der Waals surface area contributed by atoms with Gasteiger partial charge in [0, 0.05) is 6.54 Å². The van der Waals surface area contributed by atoms with Crippen molar-refractivity contribution in [3.63, 3.8) is 0 Å². The Morgan fingerprint density at radius 2 is 2.15 bits per heavy atom. The van der Waals surface area contributed by atoms with Crippen LogP contribution in [-0.4, -0.2) is 19.5 Å². The SMILES string of the molecule is C=CN1CC(C)(C)Cc2cc(C#N)cc(S(=O)(=O)O)c21. The van der Waals surface area contributed by atoms with Crippen LogP contribution in [0.2, 0.25) is 0 Å². The number of anilines is 1. The predicted octanol–water partition coefficient (Wildman–Crippen LogP) is 2.34. The molecule has 0 amide bonds. The minimum absolute atomic E-state index is 0.0776. The lowest BCUT2D eigenvalue weighted by atomic mass is 9.81. The number of rotatable bonds is 2. The first-order valence-corrected chi connectivity index (χ1v) is 7.56. The molecule has 6 heteroatoms. The molecule has 1 aliphatic rings. The molecule has 0 atom stereocenters. The van der Waals surface area contributed by atoms with Crippen molar-refractivity contribution in [2.24, 2.45) is 5.41 Å². The van der Waals surface area contributed by atoms with Crippen LogP contribution in [0.3, 0.4) is 0 Å². The molecule has 0 saturated heterocycles. The van der Waals surface area contributed by atoms with E-state index in [1.165, 1.54) is 6.07 Å². The topological polar surface area (TPSA) is 81.4 Å². The summed E-state index contributed by atoms with van der Waals surface area (Å²) in [4.78, 5) is 1.48. The largest absolute Gasteiger partial charge is 0.347 e. The van der Waals surface area contributed by atoms with Gasteiger partial charge in [-0.05, 0) is 35.7 Å². The van der Waals surface area contributed by atoms with Gasteiger partial charge in [0.2, 0.25) is 0 Å². The Bertz CT molecular complexity index is 715. The lowest BCUT2D eigenvalue weighted by Crippen LogP contribution is -2.38. The number of fused-ring (bicyclic) bond motifs is 1. The molecule has 0 fully saturated rings. The van der Waals surface area contributed by atoms with Crippen LogP contribution in [0.25, 0.3) is 0 Å². The van der Waals surface area contributed by atoms with E-state index in [2.05, 4.69) is 20.4 Å². The molecule has 20 heavy (non-hydrogen) atoms. The molecule has 1 aromatic carbocycles. The second-order valence-corrected chi connectivity index (χ2v) is 7.11. The molecule has 0 aromatic heterocycles. The normalized spacial score (nSPS) is 17.2. The van der Waals surface area contributed by atoms with Crippen LogP contribution in [-0.2, 0) is 16.5 Å². The number of nitrogens with zero attached hydrogens (tertiary/aromatic N) is 2. The fraction of sp³-hybridized carbons (Fsp3) is 0.357. The summed E-state index contributed by atoms with van der Waals surface area (Å²) in [7, 11) is -4.40. The van der Waals surface area contributed by atoms with Crippen LogP contribution in [0.1, 0.15) is 25.0 Å². The fourth-order valence-electron chi connectivity index (χ4n) is 2.66. The van der Waals surface area contributed by atoms with E-state index in [4.69, 9.17) is 5.26 Å². The maximum Gasteiger partial charge on any atom is 0.296 e. The van der Waals surface area contributed by atoms with Crippen LogP contribution >= 0.6 is 0 Å². The molecular weight excluding hydrogens is 276 g/mol. The van der Waals surface area contributed by atoms with Crippen LogP contribution in [0.5, 0.6) is 0 Å². The predicted molar refractivity (Wildman–Crippen MR) is 76.0 cm³/mol. The van der Waals surface area contributed by atoms with Crippen molar-refractivity contribution in [2.45, 2.75) is 25.2 Å². The lowest BCUT2D eigenvalue weighted by molar-refractivity contribution is 0.358. The minimum Gasteiger partial charge on any atom is -0.347 e. The first-order valence-electron chi connectivity index (χ1n) is 6.12. The third-order valence-electron chi connectivity index (χ3n) is 3.34. The molecule has 1 aliphatic heterocycles. The summed E-state index contributed by atoms with van der Waals surface area (Å²) < 4.78 is 32.6. The molecular formula is C14H16N2O3S. The van der Waals surface area contributed by atoms with Gasteiger partial charge in [-0.25, -0.2) is 0 Å². The Labute approximate surface area is 118 Å². The zero-order valence-electron chi connectivity index (χ0n) is 11.4. The molecule has 0 spiro atoms. The van der Waals surface area contributed by atoms with Gasteiger partial charge in [0.25, 0.3) is 10.1 Å². The van der Waals surface area contributed by atoms with Crippen LogP contribution in [0.15, 0.2) is 29.8 Å². The van der Waals surface area contributed by atoms with Gasteiger partial charge in [0.05, 0.1) is 17.3 Å². The monoisotopic (exact) mass is 292 g/mol. The van der Waals surface area contributed by atoms with E-state index in [1.807, 2.05) is 6.07 Å². The summed E-state index contributed by atoms with van der Waals surface area (Å²) in [6, 6.07) is 4.80. The number of benzene rings is 1. The summed E-state index contributed by atoms with van der Waals surface area (Å²) in [6.45, 7) is 8.40. The Morgan fingerprint density at radius 1 is 1.50 bits per heavy atom. The van der Waals surface area contributed by atoms with Gasteiger partial charge in [-0.1, -0.05) is 20.4 Å². The zero-order valence-corrected chi connectivity index (χ0v) is 12.2. The standard InChI is InChI=1S/C14H16N2O3S/c1-4-16-9-14(2,3)7-11-5-10(8-15)6-12(13(11)16)20(17,18)19/h4-6H,1,7,9H2,2-3H3,(H,17,18,19). The van der Waals surface area contributed by atoms with E-state index in [0.29, 0.717) is 18.7 Å². The maximum atomic E-state index is 11.6. The van der Waals surface area contributed by atoms with Crippen molar-refractivity contribution in [3.05, 3.63) is 36.0 Å². The number of hydrogen-bond acceptors (Lipinski definition) is 4. The average Bonchev–Trinajstić information content (AvgIpc) is 2.33. The minimum atomic E-state index is -4.40. The summed E-state index contributed by atoms with van der Waals surface area (Å²) >= 11 is 0. The fourth-order valence-corrected chi connectivity index (χ4v) is 3.42. The van der Waals surface area contributed by atoms with Gasteiger partial charge in [-0.15, -0.1) is 0 Å². The van der Waals surface area contributed by atoms with Gasteiger partial charge < -0.3 is 4.90 Å². The molecule has 106 valence electrons. The van der Waals surface area contributed by atoms with Gasteiger partial charge >= 0.3 is 0 Å². The molecule has 1 aromatic rings. The zero-order chi connectivity index (χ0) is 15.1. The van der Waals surface area contributed by atoms with E-state index < -0.39 is 10.1 Å². The molecule has 1 heterocycles. The molecule has 0 aliphatic carbocycles. The first-order chi connectivity index (χ1) is 9.18. The highest BCUT2D eigenvalue weighted by atomic mass is 32.2. The van der Waals surface area contributed by atoms with E-state index in [0.717, 1.165) is 5.56 Å². The van der Waals surface area contributed by atoms with Crippen LogP contribution < -0.4 is 4.90 Å². The molecule has 0 bridgehead atoms. The Balaban J connectivity index is 2.81. The first kappa shape index (κ1) is 14.6. The van der Waals surface area contributed by atoms with E-state index in [1.54, 1.807) is 17.2 Å². The Hall–Kier alpha value is -1.84. The third kappa shape index (κ3) is 2.55. The van der Waals surface area contributed by atoms with Crippen molar-refractivity contribution >= 4 is 15.8 Å². The van der Waals surface area contributed by atoms with Gasteiger partial charge in [-0.3, -0.25) is 4.55 Å². The average molecular weight is 292 g/mol. The van der Waals surface area contributed by atoms with Gasteiger partial charge in [0.15, 0.2) is 0 Å². The molecule has 2 rings (SSSR count).